The molecule has 0 bridgehead atoms. The van der Waals surface area contributed by atoms with E-state index >= 15 is 0 Å². The molecule has 0 aliphatic carbocycles. The van der Waals surface area contributed by atoms with Crippen molar-refractivity contribution in [2.24, 2.45) is 0 Å². The molecule has 0 aliphatic heterocycles. The Hall–Kier alpha value is -1.88. The molecule has 1 rings (SSSR count). The normalized spacial score (nSPS) is 12.6. The average Bonchev–Trinajstić information content (AvgIpc) is 2.46. The Morgan fingerprint density at radius 1 is 1.17 bits per heavy atom. The van der Waals surface area contributed by atoms with Crippen LogP contribution in [0.5, 0.6) is 0 Å². The summed E-state index contributed by atoms with van der Waals surface area (Å²) in [6.45, 7) is 9.21. The predicted octanol–water partition coefficient (Wildman–Crippen LogP) is 4.11. The Kier molecular flexibility index (Phi) is 7.23. The minimum Gasteiger partial charge on any atom is -0.442 e. The summed E-state index contributed by atoms with van der Waals surface area (Å²) >= 11 is 0. The lowest BCUT2D eigenvalue weighted by molar-refractivity contribution is -0.178. The van der Waals surface area contributed by atoms with Crippen LogP contribution in [0, 0.1) is 0 Å². The number of Topliss-reactive ketones (excluding diaryl/α,β-unsaturated/α-hetero) is 1. The van der Waals surface area contributed by atoms with Gasteiger partial charge in [0, 0.05) is 12.8 Å². The van der Waals surface area contributed by atoms with Crippen molar-refractivity contribution in [2.45, 2.75) is 65.7 Å². The third kappa shape index (κ3) is 7.28. The zero-order chi connectivity index (χ0) is 17.5. The number of hydroxylamine groups is 2. The van der Waals surface area contributed by atoms with Crippen molar-refractivity contribution >= 4 is 11.9 Å². The molecule has 0 saturated heterocycles. The second-order valence-electron chi connectivity index (χ2n) is 6.51. The van der Waals surface area contributed by atoms with E-state index in [1.165, 1.54) is 5.06 Å². The van der Waals surface area contributed by atoms with Crippen molar-refractivity contribution in [3.63, 3.8) is 0 Å². The molecule has 23 heavy (non-hydrogen) atoms. The first-order valence-corrected chi connectivity index (χ1v) is 7.93. The predicted molar refractivity (Wildman–Crippen MR) is 88.7 cm³/mol. The quantitative estimate of drug-likeness (QED) is 0.709. The molecule has 5 nitrogen and oxygen atoms in total. The number of hydrogen-bond donors (Lipinski definition) is 0. The summed E-state index contributed by atoms with van der Waals surface area (Å²) in [4.78, 5) is 29.7. The summed E-state index contributed by atoms with van der Waals surface area (Å²) in [5.41, 5.74) is 0.315. The van der Waals surface area contributed by atoms with Crippen LogP contribution in [0.15, 0.2) is 30.3 Å². The fourth-order valence-electron chi connectivity index (χ4n) is 1.94. The van der Waals surface area contributed by atoms with Gasteiger partial charge >= 0.3 is 6.09 Å². The fourth-order valence-corrected chi connectivity index (χ4v) is 1.94. The molecule has 5 heteroatoms. The van der Waals surface area contributed by atoms with Crippen LogP contribution in [0.3, 0.4) is 0 Å². The lowest BCUT2D eigenvalue weighted by atomic mass is 10.1. The summed E-state index contributed by atoms with van der Waals surface area (Å²) in [6.07, 6.45) is 0.0974. The van der Waals surface area contributed by atoms with Crippen molar-refractivity contribution in [1.29, 1.82) is 0 Å². The number of benzene rings is 1. The number of hydrogen-bond acceptors (Lipinski definition) is 4. The van der Waals surface area contributed by atoms with E-state index < -0.39 is 11.7 Å². The average molecular weight is 321 g/mol. The zero-order valence-electron chi connectivity index (χ0n) is 14.7. The lowest BCUT2D eigenvalue weighted by Gasteiger charge is -2.30. The largest absolute Gasteiger partial charge is 0.442 e. The van der Waals surface area contributed by atoms with Crippen LogP contribution in [0.4, 0.5) is 4.79 Å². The maximum absolute atomic E-state index is 12.4. The van der Waals surface area contributed by atoms with Crippen LogP contribution in [-0.2, 0) is 21.0 Å². The maximum atomic E-state index is 12.4. The number of ketones is 1. The summed E-state index contributed by atoms with van der Waals surface area (Å²) < 4.78 is 5.38. The van der Waals surface area contributed by atoms with Gasteiger partial charge in [-0.25, -0.2) is 4.79 Å². The Bertz CT molecular complexity index is 508. The van der Waals surface area contributed by atoms with Crippen LogP contribution in [0.1, 0.15) is 53.0 Å². The van der Waals surface area contributed by atoms with E-state index in [-0.39, 0.29) is 24.9 Å². The second-order valence-corrected chi connectivity index (χ2v) is 6.51. The molecule has 0 radical (unpaired) electrons. The number of carbonyl (C=O) groups excluding carboxylic acids is 2. The van der Waals surface area contributed by atoms with Crippen molar-refractivity contribution in [2.75, 3.05) is 0 Å². The first-order chi connectivity index (χ1) is 10.7. The van der Waals surface area contributed by atoms with Gasteiger partial charge in [0.05, 0.1) is 6.04 Å². The second kappa shape index (κ2) is 8.67. The minimum atomic E-state index is -0.625. The van der Waals surface area contributed by atoms with Gasteiger partial charge in [0.25, 0.3) is 0 Å². The van der Waals surface area contributed by atoms with Crippen LogP contribution < -0.4 is 0 Å². The van der Waals surface area contributed by atoms with Crippen molar-refractivity contribution in [1.82, 2.24) is 5.06 Å². The standard InChI is InChI=1S/C18H27NO4/c1-6-16(20)12-14(2)19(17(21)23-18(3,4)5)22-13-15-10-8-7-9-11-15/h7-11,14H,6,12-13H2,1-5H3. The molecular weight excluding hydrogens is 294 g/mol. The highest BCUT2D eigenvalue weighted by Gasteiger charge is 2.28. The van der Waals surface area contributed by atoms with Gasteiger partial charge in [-0.3, -0.25) is 9.63 Å². The van der Waals surface area contributed by atoms with Gasteiger partial charge in [-0.2, -0.15) is 5.06 Å². The first-order valence-electron chi connectivity index (χ1n) is 7.93. The van der Waals surface area contributed by atoms with Crippen LogP contribution >= 0.6 is 0 Å². The molecule has 1 aromatic carbocycles. The van der Waals surface area contributed by atoms with Gasteiger partial charge in [0.1, 0.15) is 18.0 Å². The van der Waals surface area contributed by atoms with E-state index in [9.17, 15) is 9.59 Å². The first kappa shape index (κ1) is 19.2. The summed E-state index contributed by atoms with van der Waals surface area (Å²) in [5, 5.41) is 1.17. The fraction of sp³-hybridized carbons (Fsp3) is 0.556. The number of carbonyl (C=O) groups is 2. The third-order valence-corrected chi connectivity index (χ3v) is 3.10. The van der Waals surface area contributed by atoms with E-state index in [1.807, 2.05) is 30.3 Å². The van der Waals surface area contributed by atoms with Crippen LogP contribution in [-0.4, -0.2) is 28.6 Å². The molecule has 1 amide bonds. The van der Waals surface area contributed by atoms with Crippen LogP contribution in [0.25, 0.3) is 0 Å². The Balaban J connectivity index is 2.78. The minimum absolute atomic E-state index is 0.0781. The molecule has 0 aliphatic rings. The van der Waals surface area contributed by atoms with Crippen molar-refractivity contribution < 1.29 is 19.2 Å². The molecule has 1 atom stereocenters. The highest BCUT2D eigenvalue weighted by Crippen LogP contribution is 2.16. The molecule has 0 aromatic heterocycles. The summed E-state index contributed by atoms with van der Waals surface area (Å²) in [5.74, 6) is 0.0781. The third-order valence-electron chi connectivity index (χ3n) is 3.10. The van der Waals surface area contributed by atoms with E-state index in [1.54, 1.807) is 34.6 Å². The van der Waals surface area contributed by atoms with E-state index in [0.717, 1.165) is 5.56 Å². The molecule has 0 fully saturated rings. The molecule has 128 valence electrons. The monoisotopic (exact) mass is 321 g/mol. The van der Waals surface area contributed by atoms with Gasteiger partial charge in [0.2, 0.25) is 0 Å². The Morgan fingerprint density at radius 2 is 1.78 bits per heavy atom. The van der Waals surface area contributed by atoms with Gasteiger partial charge in [-0.15, -0.1) is 0 Å². The highest BCUT2D eigenvalue weighted by atomic mass is 16.7. The lowest BCUT2D eigenvalue weighted by Crippen LogP contribution is -2.42. The van der Waals surface area contributed by atoms with E-state index in [0.29, 0.717) is 6.42 Å². The Morgan fingerprint density at radius 3 is 2.30 bits per heavy atom. The van der Waals surface area contributed by atoms with Crippen LogP contribution in [0.2, 0.25) is 0 Å². The smallest absolute Gasteiger partial charge is 0.434 e. The number of nitrogens with zero attached hydrogens (tertiary/aromatic N) is 1. The molecule has 0 N–H and O–H groups in total. The summed E-state index contributed by atoms with van der Waals surface area (Å²) in [6, 6.07) is 9.16. The van der Waals surface area contributed by atoms with Gasteiger partial charge in [-0.05, 0) is 33.3 Å². The molecule has 0 spiro atoms. The number of ether oxygens (including phenoxy) is 1. The molecule has 1 unspecified atom stereocenters. The topological polar surface area (TPSA) is 55.8 Å². The molecule has 0 saturated carbocycles. The zero-order valence-corrected chi connectivity index (χ0v) is 14.7. The molecular formula is C18H27NO4. The van der Waals surface area contributed by atoms with Crippen molar-refractivity contribution in [3.05, 3.63) is 35.9 Å². The summed E-state index contributed by atoms with van der Waals surface area (Å²) in [7, 11) is 0. The highest BCUT2D eigenvalue weighted by molar-refractivity contribution is 5.79. The van der Waals surface area contributed by atoms with E-state index in [4.69, 9.17) is 9.57 Å². The van der Waals surface area contributed by atoms with Gasteiger partial charge in [-0.1, -0.05) is 37.3 Å². The van der Waals surface area contributed by atoms with Gasteiger partial charge in [0.15, 0.2) is 0 Å². The number of amides is 1. The maximum Gasteiger partial charge on any atom is 0.434 e. The van der Waals surface area contributed by atoms with Crippen molar-refractivity contribution in [3.8, 4) is 0 Å². The SMILES string of the molecule is CCC(=O)CC(C)N(OCc1ccccc1)C(=O)OC(C)(C)C. The van der Waals surface area contributed by atoms with E-state index in [2.05, 4.69) is 0 Å². The molecule has 0 heterocycles. The van der Waals surface area contributed by atoms with Gasteiger partial charge < -0.3 is 4.74 Å². The molecule has 1 aromatic rings. The number of rotatable bonds is 7. The Labute approximate surface area is 138 Å².